The maximum atomic E-state index is 3.99. The Hall–Kier alpha value is 1.05. The zero-order valence-corrected chi connectivity index (χ0v) is 6.91. The average molecular weight is 154 g/mol. The Labute approximate surface area is 58.6 Å². The molecule has 0 spiro atoms. The van der Waals surface area contributed by atoms with E-state index in [0.717, 1.165) is 5.08 Å². The summed E-state index contributed by atoms with van der Waals surface area (Å²) in [6.45, 7) is 2.19. The van der Waals surface area contributed by atoms with E-state index in [0.29, 0.717) is 0 Å². The summed E-state index contributed by atoms with van der Waals surface area (Å²) in [5.41, 5.74) is 0. The lowest BCUT2D eigenvalue weighted by Gasteiger charge is -1.90. The minimum absolute atomic E-state index is 1.12. The van der Waals surface area contributed by atoms with Gasteiger partial charge in [0.1, 0.15) is 0 Å². The van der Waals surface area contributed by atoms with E-state index in [2.05, 4.69) is 18.6 Å². The molecule has 0 aliphatic carbocycles. The lowest BCUT2D eigenvalue weighted by atomic mass is 10.6. The van der Waals surface area contributed by atoms with Crippen LogP contribution in [0.1, 0.15) is 13.3 Å². The Morgan fingerprint density at radius 3 is 2.71 bits per heavy atom. The molecule has 0 bridgehead atoms. The van der Waals surface area contributed by atoms with Crippen LogP contribution in [-0.2, 0) is 0 Å². The molecule has 44 valence electrons. The van der Waals surface area contributed by atoms with Gasteiger partial charge in [0, 0.05) is 5.08 Å². The zero-order valence-electron chi connectivity index (χ0n) is 4.39. The van der Waals surface area contributed by atoms with Crippen LogP contribution in [0, 0.1) is 0 Å². The first kappa shape index (κ1) is 8.05. The maximum absolute atomic E-state index is 3.99. The van der Waals surface area contributed by atoms with Gasteiger partial charge in [0.25, 0.3) is 0 Å². The van der Waals surface area contributed by atoms with Crippen LogP contribution in [0.4, 0.5) is 0 Å². The summed E-state index contributed by atoms with van der Waals surface area (Å²) in [5.74, 6) is 1.27. The van der Waals surface area contributed by atoms with Crippen LogP contribution < -0.4 is 0 Å². The second-order valence-electron chi connectivity index (χ2n) is 1.16. The van der Waals surface area contributed by atoms with Gasteiger partial charge in [-0.2, -0.15) is 11.8 Å². The summed E-state index contributed by atoms with van der Waals surface area (Å²) in [6.07, 6.45) is 1.28. The topological polar surface area (TPSA) is 0 Å². The third-order valence-electron chi connectivity index (χ3n) is 0.484. The lowest BCUT2D eigenvalue weighted by molar-refractivity contribution is 1.11. The van der Waals surface area contributed by atoms with Crippen molar-refractivity contribution in [3.8, 4) is 0 Å². The van der Waals surface area contributed by atoms with Gasteiger partial charge in [-0.15, -0.1) is 11.7 Å². The highest BCUT2D eigenvalue weighted by molar-refractivity contribution is 8.70. The van der Waals surface area contributed by atoms with E-state index in [1.165, 1.54) is 12.2 Å². The molecular formula is C4H10S3. The van der Waals surface area contributed by atoms with Crippen molar-refractivity contribution in [3.05, 3.63) is 0 Å². The van der Waals surface area contributed by atoms with Crippen LogP contribution >= 0.6 is 34.2 Å². The Bertz CT molecular complexity index is 26.1. The standard InChI is InChI=1S/C4H10S3/c1-2-3-6-4-7-5/h5H,2-4H2,1H3. The van der Waals surface area contributed by atoms with Crippen molar-refractivity contribution in [3.63, 3.8) is 0 Å². The van der Waals surface area contributed by atoms with E-state index >= 15 is 0 Å². The van der Waals surface area contributed by atoms with Crippen molar-refractivity contribution in [2.75, 3.05) is 10.8 Å². The second-order valence-corrected chi connectivity index (χ2v) is 3.95. The van der Waals surface area contributed by atoms with Crippen molar-refractivity contribution < 1.29 is 0 Å². The molecule has 0 aliphatic heterocycles. The van der Waals surface area contributed by atoms with Crippen molar-refractivity contribution in [2.45, 2.75) is 13.3 Å². The number of thiol groups is 1. The molecule has 0 aliphatic rings. The summed E-state index contributed by atoms with van der Waals surface area (Å²) in [7, 11) is 1.60. The normalized spacial score (nSPS) is 9.43. The molecule has 0 saturated heterocycles. The maximum Gasteiger partial charge on any atom is 0.0493 e. The van der Waals surface area contributed by atoms with Gasteiger partial charge >= 0.3 is 0 Å². The van der Waals surface area contributed by atoms with Crippen LogP contribution in [0.15, 0.2) is 0 Å². The summed E-state index contributed by atoms with van der Waals surface area (Å²) in [4.78, 5) is 0. The van der Waals surface area contributed by atoms with E-state index in [1.807, 2.05) is 11.8 Å². The quantitative estimate of drug-likeness (QED) is 0.286. The molecule has 0 aromatic heterocycles. The van der Waals surface area contributed by atoms with Gasteiger partial charge in [-0.05, 0) is 12.2 Å². The lowest BCUT2D eigenvalue weighted by Crippen LogP contribution is -1.71. The predicted molar refractivity (Wildman–Crippen MR) is 44.2 cm³/mol. The van der Waals surface area contributed by atoms with E-state index in [1.54, 1.807) is 10.8 Å². The average Bonchev–Trinajstić information content (AvgIpc) is 1.69. The van der Waals surface area contributed by atoms with E-state index < -0.39 is 0 Å². The molecule has 0 radical (unpaired) electrons. The minimum Gasteiger partial charge on any atom is -0.150 e. The molecule has 0 aromatic rings. The fourth-order valence-electron chi connectivity index (χ4n) is 0.241. The third-order valence-corrected chi connectivity index (χ3v) is 3.22. The molecule has 0 saturated carbocycles. The highest BCUT2D eigenvalue weighted by Gasteiger charge is 1.80. The first-order valence-electron chi connectivity index (χ1n) is 2.26. The van der Waals surface area contributed by atoms with Crippen molar-refractivity contribution in [2.24, 2.45) is 0 Å². The van der Waals surface area contributed by atoms with Gasteiger partial charge in [-0.25, -0.2) is 0 Å². The summed E-state index contributed by atoms with van der Waals surface area (Å²) < 4.78 is 0. The highest BCUT2D eigenvalue weighted by Crippen LogP contribution is 2.14. The van der Waals surface area contributed by atoms with E-state index in [-0.39, 0.29) is 0 Å². The Kier molecular flexibility index (Phi) is 8.11. The molecule has 0 aromatic carbocycles. The number of hydrogen-bond donors (Lipinski definition) is 1. The SMILES string of the molecule is CCCSCSS. The van der Waals surface area contributed by atoms with Crippen LogP contribution in [0.5, 0.6) is 0 Å². The Balaban J connectivity index is 2.45. The van der Waals surface area contributed by atoms with Crippen molar-refractivity contribution >= 4 is 34.2 Å². The first-order valence-corrected chi connectivity index (χ1v) is 5.45. The second kappa shape index (κ2) is 7.05. The summed E-state index contributed by atoms with van der Waals surface area (Å²) in [6, 6.07) is 0. The molecule has 0 fully saturated rings. The summed E-state index contributed by atoms with van der Waals surface area (Å²) >= 11 is 5.93. The Morgan fingerprint density at radius 1 is 1.57 bits per heavy atom. The predicted octanol–water partition coefficient (Wildman–Crippen LogP) is 2.67. The Morgan fingerprint density at radius 2 is 2.29 bits per heavy atom. The molecular weight excluding hydrogens is 144 g/mol. The highest BCUT2D eigenvalue weighted by atomic mass is 33.1. The molecule has 0 unspecified atom stereocenters. The van der Waals surface area contributed by atoms with E-state index in [4.69, 9.17) is 0 Å². The molecule has 0 amide bonds. The third kappa shape index (κ3) is 7.05. The molecule has 0 rings (SSSR count). The molecule has 3 heteroatoms. The smallest absolute Gasteiger partial charge is 0.0493 e. The van der Waals surface area contributed by atoms with E-state index in [9.17, 15) is 0 Å². The molecule has 7 heavy (non-hydrogen) atoms. The fourth-order valence-corrected chi connectivity index (χ4v) is 1.97. The van der Waals surface area contributed by atoms with Crippen molar-refractivity contribution in [1.82, 2.24) is 0 Å². The first-order chi connectivity index (χ1) is 3.41. The minimum atomic E-state index is 1.12. The number of thioether (sulfide) groups is 1. The molecule has 0 N–H and O–H groups in total. The monoisotopic (exact) mass is 154 g/mol. The number of hydrogen-bond acceptors (Lipinski definition) is 3. The fraction of sp³-hybridized carbons (Fsp3) is 1.00. The molecule has 0 nitrogen and oxygen atoms in total. The van der Waals surface area contributed by atoms with Crippen LogP contribution in [-0.4, -0.2) is 10.8 Å². The number of rotatable bonds is 4. The molecule has 0 atom stereocenters. The molecule has 0 heterocycles. The van der Waals surface area contributed by atoms with Gasteiger partial charge in [-0.3, -0.25) is 0 Å². The van der Waals surface area contributed by atoms with Gasteiger partial charge < -0.3 is 0 Å². The van der Waals surface area contributed by atoms with Gasteiger partial charge in [-0.1, -0.05) is 17.7 Å². The summed E-state index contributed by atoms with van der Waals surface area (Å²) in [5, 5.41) is 1.12. The van der Waals surface area contributed by atoms with Crippen LogP contribution in [0.2, 0.25) is 0 Å². The van der Waals surface area contributed by atoms with Gasteiger partial charge in [0.05, 0.1) is 0 Å². The van der Waals surface area contributed by atoms with Crippen LogP contribution in [0.3, 0.4) is 0 Å². The van der Waals surface area contributed by atoms with Crippen LogP contribution in [0.25, 0.3) is 0 Å². The van der Waals surface area contributed by atoms with Crippen molar-refractivity contribution in [1.29, 1.82) is 0 Å². The van der Waals surface area contributed by atoms with Gasteiger partial charge in [0.15, 0.2) is 0 Å². The largest absolute Gasteiger partial charge is 0.150 e. The van der Waals surface area contributed by atoms with Gasteiger partial charge in [0.2, 0.25) is 0 Å². The zero-order chi connectivity index (χ0) is 5.54.